The molecule has 5 heterocycles. The van der Waals surface area contributed by atoms with Crippen LogP contribution in [0.3, 0.4) is 0 Å². The van der Waals surface area contributed by atoms with Gasteiger partial charge in [-0.05, 0) is 36.4 Å². The topological polar surface area (TPSA) is 70.2 Å². The molecule has 9 heteroatoms. The molecule has 0 bridgehead atoms. The minimum atomic E-state index is -0.279. The predicted molar refractivity (Wildman–Crippen MR) is 121 cm³/mol. The van der Waals surface area contributed by atoms with Crippen molar-refractivity contribution in [2.45, 2.75) is 6.04 Å². The second-order valence-corrected chi connectivity index (χ2v) is 8.14. The highest BCUT2D eigenvalue weighted by Gasteiger charge is 2.28. The second-order valence-electron chi connectivity index (χ2n) is 8.14. The van der Waals surface area contributed by atoms with Crippen molar-refractivity contribution in [3.05, 3.63) is 67.1 Å². The molecular weight excluding hydrogens is 423 g/mol. The maximum Gasteiger partial charge on any atom is 0.164 e. The molecule has 4 aromatic rings. The summed E-state index contributed by atoms with van der Waals surface area (Å²) in [6, 6.07) is 10.6. The highest BCUT2D eigenvalue weighted by atomic mass is 19.1. The molecule has 1 aromatic carbocycles. The lowest BCUT2D eigenvalue weighted by molar-refractivity contribution is -0.0227. The van der Waals surface area contributed by atoms with Gasteiger partial charge in [0.25, 0.3) is 0 Å². The first-order valence-electron chi connectivity index (χ1n) is 11.0. The van der Waals surface area contributed by atoms with Crippen molar-refractivity contribution < 1.29 is 13.9 Å². The molecule has 0 unspecified atom stereocenters. The van der Waals surface area contributed by atoms with Crippen molar-refractivity contribution in [3.8, 4) is 28.6 Å². The number of pyridine rings is 1. The van der Waals surface area contributed by atoms with Gasteiger partial charge in [-0.25, -0.2) is 19.3 Å². The number of benzene rings is 1. The zero-order valence-electron chi connectivity index (χ0n) is 18.0. The number of anilines is 1. The fourth-order valence-corrected chi connectivity index (χ4v) is 4.26. The van der Waals surface area contributed by atoms with Gasteiger partial charge in [-0.15, -0.1) is 0 Å². The van der Waals surface area contributed by atoms with Crippen molar-refractivity contribution in [2.24, 2.45) is 0 Å². The number of hydrogen-bond donors (Lipinski definition) is 0. The van der Waals surface area contributed by atoms with E-state index in [1.54, 1.807) is 18.3 Å². The fraction of sp³-hybridized carbons (Fsp3) is 0.292. The van der Waals surface area contributed by atoms with Crippen LogP contribution in [0.25, 0.3) is 28.6 Å². The quantitative estimate of drug-likeness (QED) is 0.468. The summed E-state index contributed by atoms with van der Waals surface area (Å²) in [5.41, 5.74) is 3.51. The standard InChI is InChI=1S/C24H23FN6O2/c25-18-3-1-17(2-4-18)22-23(31(16-28-22)20-14-33-15-20)24-26-7-8-30(24)21-6-5-19(13-27-21)29-9-11-32-12-10-29/h1-8,13,16,20H,9-12,14-15H2. The van der Waals surface area contributed by atoms with Crippen molar-refractivity contribution in [3.63, 3.8) is 0 Å². The fourth-order valence-electron chi connectivity index (χ4n) is 4.26. The summed E-state index contributed by atoms with van der Waals surface area (Å²) in [6.45, 7) is 4.43. The van der Waals surface area contributed by atoms with Crippen molar-refractivity contribution in [1.29, 1.82) is 0 Å². The first kappa shape index (κ1) is 20.1. The molecule has 2 aliphatic heterocycles. The molecule has 8 nitrogen and oxygen atoms in total. The lowest BCUT2D eigenvalue weighted by atomic mass is 10.1. The first-order valence-corrected chi connectivity index (χ1v) is 11.0. The molecule has 2 saturated heterocycles. The molecule has 0 atom stereocenters. The summed E-state index contributed by atoms with van der Waals surface area (Å²) >= 11 is 0. The summed E-state index contributed by atoms with van der Waals surface area (Å²) < 4.78 is 28.5. The number of morpholine rings is 1. The Hall–Kier alpha value is -3.56. The molecule has 3 aromatic heterocycles. The lowest BCUT2D eigenvalue weighted by Gasteiger charge is -2.29. The van der Waals surface area contributed by atoms with Crippen LogP contribution >= 0.6 is 0 Å². The molecule has 0 N–H and O–H groups in total. The maximum atomic E-state index is 13.5. The summed E-state index contributed by atoms with van der Waals surface area (Å²) in [5, 5.41) is 0. The molecule has 0 spiro atoms. The zero-order chi connectivity index (χ0) is 22.2. The van der Waals surface area contributed by atoms with E-state index in [0.29, 0.717) is 13.2 Å². The number of hydrogen-bond acceptors (Lipinski definition) is 6. The number of nitrogens with zero attached hydrogens (tertiary/aromatic N) is 6. The zero-order valence-corrected chi connectivity index (χ0v) is 18.0. The second kappa shape index (κ2) is 8.42. The van der Waals surface area contributed by atoms with Crippen LogP contribution in [0.1, 0.15) is 6.04 Å². The molecule has 0 amide bonds. The van der Waals surface area contributed by atoms with Gasteiger partial charge in [-0.1, -0.05) is 0 Å². The van der Waals surface area contributed by atoms with Gasteiger partial charge < -0.3 is 18.9 Å². The van der Waals surface area contributed by atoms with Gasteiger partial charge in [0.1, 0.15) is 17.3 Å². The van der Waals surface area contributed by atoms with Gasteiger partial charge >= 0.3 is 0 Å². The molecule has 0 aliphatic carbocycles. The Morgan fingerprint density at radius 3 is 2.42 bits per heavy atom. The number of halogens is 1. The molecule has 2 aliphatic rings. The van der Waals surface area contributed by atoms with E-state index in [1.807, 2.05) is 29.4 Å². The first-order chi connectivity index (χ1) is 16.3. The van der Waals surface area contributed by atoms with E-state index in [0.717, 1.165) is 60.6 Å². The Bertz CT molecular complexity index is 1240. The monoisotopic (exact) mass is 446 g/mol. The summed E-state index contributed by atoms with van der Waals surface area (Å²) in [4.78, 5) is 16.3. The van der Waals surface area contributed by atoms with Crippen molar-refractivity contribution >= 4 is 5.69 Å². The molecule has 0 saturated carbocycles. The van der Waals surface area contributed by atoms with Crippen LogP contribution in [-0.2, 0) is 9.47 Å². The molecule has 2 fully saturated rings. The highest BCUT2D eigenvalue weighted by molar-refractivity contribution is 5.76. The van der Waals surface area contributed by atoms with Crippen LogP contribution in [0.15, 0.2) is 61.3 Å². The average molecular weight is 446 g/mol. The SMILES string of the molecule is Fc1ccc(-c2ncn(C3COC3)c2-c2nccn2-c2ccc(N3CCOCC3)cn2)cc1. The van der Waals surface area contributed by atoms with E-state index in [-0.39, 0.29) is 11.9 Å². The average Bonchev–Trinajstić information content (AvgIpc) is 3.46. The summed E-state index contributed by atoms with van der Waals surface area (Å²) in [6.07, 6.45) is 7.36. The largest absolute Gasteiger partial charge is 0.378 e. The van der Waals surface area contributed by atoms with E-state index >= 15 is 0 Å². The normalized spacial score (nSPS) is 16.7. The molecule has 168 valence electrons. The van der Waals surface area contributed by atoms with Crippen LogP contribution in [0.5, 0.6) is 0 Å². The number of rotatable bonds is 5. The third-order valence-corrected chi connectivity index (χ3v) is 6.13. The van der Waals surface area contributed by atoms with Gasteiger partial charge in [0.2, 0.25) is 0 Å². The highest BCUT2D eigenvalue weighted by Crippen LogP contribution is 2.35. The Morgan fingerprint density at radius 2 is 1.73 bits per heavy atom. The minimum absolute atomic E-state index is 0.184. The number of ether oxygens (including phenoxy) is 2. The predicted octanol–water partition coefficient (Wildman–Crippen LogP) is 3.34. The van der Waals surface area contributed by atoms with Gasteiger partial charge in [-0.2, -0.15) is 0 Å². The Kier molecular flexibility index (Phi) is 5.12. The molecule has 6 rings (SSSR count). The van der Waals surface area contributed by atoms with E-state index in [4.69, 9.17) is 14.5 Å². The lowest BCUT2D eigenvalue weighted by Crippen LogP contribution is -2.36. The van der Waals surface area contributed by atoms with E-state index in [1.165, 1.54) is 12.1 Å². The number of aromatic nitrogens is 5. The molecular formula is C24H23FN6O2. The maximum absolute atomic E-state index is 13.5. The summed E-state index contributed by atoms with van der Waals surface area (Å²) in [5.74, 6) is 1.21. The van der Waals surface area contributed by atoms with Crippen LogP contribution in [0.4, 0.5) is 10.1 Å². The van der Waals surface area contributed by atoms with Gasteiger partial charge in [-0.3, -0.25) is 4.57 Å². The summed E-state index contributed by atoms with van der Waals surface area (Å²) in [7, 11) is 0. The van der Waals surface area contributed by atoms with Crippen LogP contribution in [0, 0.1) is 5.82 Å². The minimum Gasteiger partial charge on any atom is -0.378 e. The molecule has 0 radical (unpaired) electrons. The Balaban J connectivity index is 1.41. The van der Waals surface area contributed by atoms with Crippen LogP contribution in [-0.4, -0.2) is 63.6 Å². The van der Waals surface area contributed by atoms with E-state index in [9.17, 15) is 4.39 Å². The molecule has 33 heavy (non-hydrogen) atoms. The Labute approximate surface area is 190 Å². The number of imidazole rings is 2. The third kappa shape index (κ3) is 3.69. The van der Waals surface area contributed by atoms with Gasteiger partial charge in [0.15, 0.2) is 5.82 Å². The van der Waals surface area contributed by atoms with Crippen LogP contribution < -0.4 is 4.90 Å². The van der Waals surface area contributed by atoms with Crippen molar-refractivity contribution in [1.82, 2.24) is 24.1 Å². The van der Waals surface area contributed by atoms with Crippen molar-refractivity contribution in [2.75, 3.05) is 44.4 Å². The Morgan fingerprint density at radius 1 is 0.909 bits per heavy atom. The van der Waals surface area contributed by atoms with E-state index in [2.05, 4.69) is 25.5 Å². The van der Waals surface area contributed by atoms with Gasteiger partial charge in [0.05, 0.1) is 56.4 Å². The van der Waals surface area contributed by atoms with Crippen LogP contribution in [0.2, 0.25) is 0 Å². The van der Waals surface area contributed by atoms with E-state index < -0.39 is 0 Å². The van der Waals surface area contributed by atoms with Gasteiger partial charge in [0, 0.05) is 31.0 Å². The third-order valence-electron chi connectivity index (χ3n) is 6.13. The smallest absolute Gasteiger partial charge is 0.164 e.